The summed E-state index contributed by atoms with van der Waals surface area (Å²) in [6.07, 6.45) is 4.44. The first-order valence-corrected chi connectivity index (χ1v) is 8.10. The predicted octanol–water partition coefficient (Wildman–Crippen LogP) is 3.52. The molecule has 0 aliphatic heterocycles. The van der Waals surface area contributed by atoms with E-state index in [1.165, 1.54) is 17.0 Å². The Labute approximate surface area is 115 Å². The molecule has 1 heterocycles. The van der Waals surface area contributed by atoms with Crippen molar-refractivity contribution in [2.45, 2.75) is 58.4 Å². The largest absolute Gasteiger partial charge is 0.347 e. The molecule has 1 aromatic heterocycles. The van der Waals surface area contributed by atoms with Crippen molar-refractivity contribution < 1.29 is 0 Å². The van der Waals surface area contributed by atoms with E-state index in [-0.39, 0.29) is 6.04 Å². The maximum Gasteiger partial charge on any atom is 0.0341 e. The summed E-state index contributed by atoms with van der Waals surface area (Å²) in [5, 5.41) is 0.654. The molecule has 0 bridgehead atoms. The third-order valence-electron chi connectivity index (χ3n) is 4.11. The Morgan fingerprint density at radius 3 is 2.83 bits per heavy atom. The molecule has 1 aliphatic rings. The van der Waals surface area contributed by atoms with Gasteiger partial charge in [0, 0.05) is 29.2 Å². The summed E-state index contributed by atoms with van der Waals surface area (Å²) >= 11 is 1.93. The van der Waals surface area contributed by atoms with Crippen LogP contribution in [0.4, 0.5) is 0 Å². The Morgan fingerprint density at radius 2 is 2.22 bits per heavy atom. The number of aromatic nitrogens is 1. The van der Waals surface area contributed by atoms with Crippen LogP contribution in [0.2, 0.25) is 0 Å². The SMILES string of the molecule is CSC(C)Cn1c(C)cc2c1CC(C)(C)CC2N. The van der Waals surface area contributed by atoms with E-state index in [0.717, 1.165) is 19.4 Å². The van der Waals surface area contributed by atoms with E-state index in [1.54, 1.807) is 0 Å². The zero-order valence-electron chi connectivity index (χ0n) is 12.3. The molecule has 0 aromatic carbocycles. The second-order valence-electron chi connectivity index (χ2n) is 6.50. The smallest absolute Gasteiger partial charge is 0.0341 e. The highest BCUT2D eigenvalue weighted by Crippen LogP contribution is 2.41. The fourth-order valence-corrected chi connectivity index (χ4v) is 3.39. The zero-order chi connectivity index (χ0) is 13.5. The molecule has 0 saturated carbocycles. The number of hydrogen-bond donors (Lipinski definition) is 1. The summed E-state index contributed by atoms with van der Waals surface area (Å²) in [6.45, 7) is 10.3. The number of fused-ring (bicyclic) bond motifs is 1. The molecule has 0 saturated heterocycles. The Morgan fingerprint density at radius 1 is 1.56 bits per heavy atom. The Balaban J connectivity index is 2.38. The van der Waals surface area contributed by atoms with E-state index in [0.29, 0.717) is 10.7 Å². The minimum Gasteiger partial charge on any atom is -0.347 e. The van der Waals surface area contributed by atoms with E-state index in [4.69, 9.17) is 5.73 Å². The third kappa shape index (κ3) is 2.62. The van der Waals surface area contributed by atoms with Crippen molar-refractivity contribution in [3.63, 3.8) is 0 Å². The van der Waals surface area contributed by atoms with Crippen molar-refractivity contribution in [3.8, 4) is 0 Å². The summed E-state index contributed by atoms with van der Waals surface area (Å²) < 4.78 is 2.50. The molecule has 2 N–H and O–H groups in total. The van der Waals surface area contributed by atoms with Crippen molar-refractivity contribution in [1.29, 1.82) is 0 Å². The van der Waals surface area contributed by atoms with Crippen LogP contribution in [0.1, 0.15) is 50.2 Å². The lowest BCUT2D eigenvalue weighted by molar-refractivity contribution is 0.275. The van der Waals surface area contributed by atoms with Crippen LogP contribution < -0.4 is 5.73 Å². The summed E-state index contributed by atoms with van der Waals surface area (Å²) in [7, 11) is 0. The molecule has 2 atom stereocenters. The van der Waals surface area contributed by atoms with Gasteiger partial charge in [0.05, 0.1) is 0 Å². The van der Waals surface area contributed by atoms with Crippen LogP contribution in [0.25, 0.3) is 0 Å². The topological polar surface area (TPSA) is 30.9 Å². The van der Waals surface area contributed by atoms with Crippen LogP contribution in [0.15, 0.2) is 6.07 Å². The van der Waals surface area contributed by atoms with Gasteiger partial charge < -0.3 is 10.3 Å². The molecule has 2 rings (SSSR count). The summed E-state index contributed by atoms with van der Waals surface area (Å²) in [5.74, 6) is 0. The first-order valence-electron chi connectivity index (χ1n) is 6.81. The molecule has 1 aliphatic carbocycles. The first kappa shape index (κ1) is 14.0. The molecule has 2 nitrogen and oxygen atoms in total. The van der Waals surface area contributed by atoms with Gasteiger partial charge in [0.1, 0.15) is 0 Å². The van der Waals surface area contributed by atoms with E-state index in [1.807, 2.05) is 11.8 Å². The molecule has 0 radical (unpaired) electrons. The van der Waals surface area contributed by atoms with Gasteiger partial charge >= 0.3 is 0 Å². The quantitative estimate of drug-likeness (QED) is 0.907. The number of hydrogen-bond acceptors (Lipinski definition) is 2. The fraction of sp³-hybridized carbons (Fsp3) is 0.733. The van der Waals surface area contributed by atoms with E-state index in [2.05, 4.69) is 44.6 Å². The third-order valence-corrected chi connectivity index (χ3v) is 5.06. The number of thioether (sulfide) groups is 1. The monoisotopic (exact) mass is 266 g/mol. The molecule has 0 fully saturated rings. The van der Waals surface area contributed by atoms with Crippen LogP contribution >= 0.6 is 11.8 Å². The standard InChI is InChI=1S/C15H26N2S/c1-10-6-12-13(16)7-15(3,4)8-14(12)17(10)9-11(2)18-5/h6,11,13H,7-9,16H2,1-5H3. The molecular formula is C15H26N2S. The summed E-state index contributed by atoms with van der Waals surface area (Å²) in [5.41, 5.74) is 10.9. The van der Waals surface area contributed by atoms with Crippen molar-refractivity contribution in [3.05, 3.63) is 23.0 Å². The van der Waals surface area contributed by atoms with E-state index >= 15 is 0 Å². The minimum absolute atomic E-state index is 0.216. The lowest BCUT2D eigenvalue weighted by Gasteiger charge is -2.35. The van der Waals surface area contributed by atoms with Crippen LogP contribution in [-0.4, -0.2) is 16.1 Å². The van der Waals surface area contributed by atoms with E-state index < -0.39 is 0 Å². The maximum atomic E-state index is 6.35. The Bertz CT molecular complexity index is 434. The second kappa shape index (κ2) is 4.93. The molecule has 3 heteroatoms. The molecule has 2 unspecified atom stereocenters. The first-order chi connectivity index (χ1) is 8.34. The molecule has 1 aromatic rings. The van der Waals surface area contributed by atoms with Gasteiger partial charge in [0.25, 0.3) is 0 Å². The van der Waals surface area contributed by atoms with Gasteiger partial charge in [-0.15, -0.1) is 0 Å². The fourth-order valence-electron chi connectivity index (χ4n) is 3.09. The van der Waals surface area contributed by atoms with Crippen molar-refractivity contribution in [2.75, 3.05) is 6.26 Å². The number of nitrogens with two attached hydrogens (primary N) is 1. The van der Waals surface area contributed by atoms with Gasteiger partial charge in [-0.3, -0.25) is 0 Å². The van der Waals surface area contributed by atoms with Crippen LogP contribution in [-0.2, 0) is 13.0 Å². The Kier molecular flexibility index (Phi) is 3.84. The number of rotatable bonds is 3. The molecule has 102 valence electrons. The van der Waals surface area contributed by atoms with Gasteiger partial charge in [-0.1, -0.05) is 20.8 Å². The highest BCUT2D eigenvalue weighted by atomic mass is 32.2. The average Bonchev–Trinajstić information content (AvgIpc) is 2.55. The van der Waals surface area contributed by atoms with Gasteiger partial charge in [-0.2, -0.15) is 11.8 Å². The summed E-state index contributed by atoms with van der Waals surface area (Å²) in [4.78, 5) is 0. The lowest BCUT2D eigenvalue weighted by atomic mass is 9.74. The van der Waals surface area contributed by atoms with Crippen LogP contribution in [0.5, 0.6) is 0 Å². The highest BCUT2D eigenvalue weighted by Gasteiger charge is 2.33. The maximum absolute atomic E-state index is 6.35. The molecule has 18 heavy (non-hydrogen) atoms. The van der Waals surface area contributed by atoms with Crippen molar-refractivity contribution in [2.24, 2.45) is 11.1 Å². The normalized spacial score (nSPS) is 23.8. The molecular weight excluding hydrogens is 240 g/mol. The zero-order valence-corrected chi connectivity index (χ0v) is 13.1. The van der Waals surface area contributed by atoms with Crippen LogP contribution in [0.3, 0.4) is 0 Å². The highest BCUT2D eigenvalue weighted by molar-refractivity contribution is 7.99. The van der Waals surface area contributed by atoms with Gasteiger partial charge in [-0.25, -0.2) is 0 Å². The second-order valence-corrected chi connectivity index (χ2v) is 7.77. The minimum atomic E-state index is 0.216. The van der Waals surface area contributed by atoms with E-state index in [9.17, 15) is 0 Å². The molecule has 0 spiro atoms. The van der Waals surface area contributed by atoms with Gasteiger partial charge in [0.15, 0.2) is 0 Å². The number of nitrogens with zero attached hydrogens (tertiary/aromatic N) is 1. The predicted molar refractivity (Wildman–Crippen MR) is 81.2 cm³/mol. The number of aryl methyl sites for hydroxylation is 1. The Hall–Kier alpha value is -0.410. The molecule has 0 amide bonds. The van der Waals surface area contributed by atoms with Crippen molar-refractivity contribution in [1.82, 2.24) is 4.57 Å². The van der Waals surface area contributed by atoms with Crippen LogP contribution in [0, 0.1) is 12.3 Å². The van der Waals surface area contributed by atoms with Gasteiger partial charge in [0.2, 0.25) is 0 Å². The lowest BCUT2D eigenvalue weighted by Crippen LogP contribution is -2.31. The average molecular weight is 266 g/mol. The summed E-state index contributed by atoms with van der Waals surface area (Å²) in [6, 6.07) is 2.52. The van der Waals surface area contributed by atoms with Gasteiger partial charge in [-0.05, 0) is 43.1 Å². The van der Waals surface area contributed by atoms with Crippen molar-refractivity contribution >= 4 is 11.8 Å².